The average Bonchev–Trinajstić information content (AvgIpc) is 3.32. The number of ether oxygens (including phenoxy) is 1. The van der Waals surface area contributed by atoms with Crippen molar-refractivity contribution in [2.45, 2.75) is 58.6 Å². The zero-order valence-corrected chi connectivity index (χ0v) is 19.7. The molecule has 2 heterocycles. The monoisotopic (exact) mass is 452 g/mol. The number of rotatable bonds is 6. The van der Waals surface area contributed by atoms with E-state index in [1.54, 1.807) is 13.0 Å². The van der Waals surface area contributed by atoms with E-state index in [1.165, 1.54) is 12.1 Å². The van der Waals surface area contributed by atoms with Gasteiger partial charge in [0.2, 0.25) is 5.91 Å². The zero-order valence-electron chi connectivity index (χ0n) is 19.7. The summed E-state index contributed by atoms with van der Waals surface area (Å²) in [5.41, 5.74) is 2.79. The largest absolute Gasteiger partial charge is 0.481 e. The number of carbonyl (C=O) groups is 2. The van der Waals surface area contributed by atoms with Gasteiger partial charge in [0.05, 0.1) is 6.04 Å². The maximum atomic E-state index is 14.2. The second-order valence-corrected chi connectivity index (χ2v) is 9.55. The predicted molar refractivity (Wildman–Crippen MR) is 125 cm³/mol. The smallest absolute Gasteiger partial charge is 0.263 e. The lowest BCUT2D eigenvalue weighted by Crippen LogP contribution is -2.41. The fourth-order valence-corrected chi connectivity index (χ4v) is 4.89. The Morgan fingerprint density at radius 2 is 1.82 bits per heavy atom. The van der Waals surface area contributed by atoms with Gasteiger partial charge in [-0.25, -0.2) is 4.39 Å². The van der Waals surface area contributed by atoms with Crippen LogP contribution in [-0.2, 0) is 16.0 Å². The molecule has 2 aliphatic rings. The minimum Gasteiger partial charge on any atom is -0.481 e. The molecule has 0 N–H and O–H groups in total. The van der Waals surface area contributed by atoms with Crippen molar-refractivity contribution in [2.75, 3.05) is 19.6 Å². The van der Waals surface area contributed by atoms with Gasteiger partial charge >= 0.3 is 0 Å². The third kappa shape index (κ3) is 5.21. The Morgan fingerprint density at radius 1 is 1.06 bits per heavy atom. The molecule has 1 saturated heterocycles. The lowest BCUT2D eigenvalue weighted by atomic mass is 9.87. The quantitative estimate of drug-likeness (QED) is 0.636. The molecule has 1 fully saturated rings. The molecule has 0 unspecified atom stereocenters. The fourth-order valence-electron chi connectivity index (χ4n) is 4.89. The number of likely N-dealkylation sites (tertiary alicyclic amines) is 1. The van der Waals surface area contributed by atoms with Crippen LogP contribution in [0, 0.1) is 11.7 Å². The number of carbonyl (C=O) groups excluding carboxylic acids is 2. The molecule has 176 valence electrons. The Kier molecular flexibility index (Phi) is 7.01. The first-order chi connectivity index (χ1) is 15.8. The van der Waals surface area contributed by atoms with Crippen LogP contribution in [0.5, 0.6) is 5.75 Å². The van der Waals surface area contributed by atoms with E-state index in [9.17, 15) is 14.0 Å². The summed E-state index contributed by atoms with van der Waals surface area (Å²) in [5, 5.41) is 0. The first-order valence-electron chi connectivity index (χ1n) is 12.0. The Balaban J connectivity index is 1.65. The minimum absolute atomic E-state index is 0.000592. The van der Waals surface area contributed by atoms with Crippen LogP contribution in [0.4, 0.5) is 4.39 Å². The Morgan fingerprint density at radius 3 is 2.52 bits per heavy atom. The third-order valence-electron chi connectivity index (χ3n) is 6.49. The van der Waals surface area contributed by atoms with E-state index in [1.807, 2.05) is 47.9 Å². The molecule has 6 heteroatoms. The van der Waals surface area contributed by atoms with Crippen LogP contribution < -0.4 is 4.74 Å². The van der Waals surface area contributed by atoms with Gasteiger partial charge in [-0.2, -0.15) is 0 Å². The normalized spacial score (nSPS) is 18.9. The molecule has 2 amide bonds. The summed E-state index contributed by atoms with van der Waals surface area (Å²) in [6, 6.07) is 11.9. The Hall–Kier alpha value is -2.89. The van der Waals surface area contributed by atoms with Crippen molar-refractivity contribution in [3.63, 3.8) is 0 Å². The van der Waals surface area contributed by atoms with Crippen LogP contribution in [0.1, 0.15) is 62.8 Å². The number of halogens is 1. The van der Waals surface area contributed by atoms with Crippen molar-refractivity contribution < 1.29 is 18.7 Å². The highest BCUT2D eigenvalue weighted by atomic mass is 19.1. The molecule has 0 saturated carbocycles. The highest BCUT2D eigenvalue weighted by molar-refractivity contribution is 5.81. The van der Waals surface area contributed by atoms with Gasteiger partial charge in [0.15, 0.2) is 6.10 Å². The van der Waals surface area contributed by atoms with Crippen LogP contribution in [0.2, 0.25) is 0 Å². The summed E-state index contributed by atoms with van der Waals surface area (Å²) < 4.78 is 20.2. The van der Waals surface area contributed by atoms with Gasteiger partial charge in [-0.15, -0.1) is 0 Å². The van der Waals surface area contributed by atoms with Crippen molar-refractivity contribution in [1.82, 2.24) is 9.80 Å². The number of fused-ring (bicyclic) bond motifs is 1. The second-order valence-electron chi connectivity index (χ2n) is 9.55. The zero-order chi connectivity index (χ0) is 23.5. The van der Waals surface area contributed by atoms with Gasteiger partial charge < -0.3 is 14.5 Å². The number of nitrogens with zero attached hydrogens (tertiary/aromatic N) is 2. The van der Waals surface area contributed by atoms with E-state index in [4.69, 9.17) is 4.74 Å². The third-order valence-corrected chi connectivity index (χ3v) is 6.49. The first kappa shape index (κ1) is 23.3. The van der Waals surface area contributed by atoms with Gasteiger partial charge in [-0.1, -0.05) is 32.0 Å². The highest BCUT2D eigenvalue weighted by Crippen LogP contribution is 2.38. The molecular formula is C27H33FN2O3. The highest BCUT2D eigenvalue weighted by Gasteiger charge is 2.33. The van der Waals surface area contributed by atoms with Crippen LogP contribution in [0.25, 0.3) is 0 Å². The standard InChI is InChI=1S/C27H33FN2O3/c1-18(2)15-25(31)30-14-11-20-9-10-23(33-19(3)27(32)29-12-4-5-13-29)17-24(20)26(30)21-7-6-8-22(28)16-21/h6-10,16-19,26H,4-5,11-15H2,1-3H3/t19-,26-/m0/s1. The van der Waals surface area contributed by atoms with Crippen LogP contribution >= 0.6 is 0 Å². The van der Waals surface area contributed by atoms with Gasteiger partial charge in [-0.3, -0.25) is 9.59 Å². The summed E-state index contributed by atoms with van der Waals surface area (Å²) in [5.74, 6) is 0.565. The summed E-state index contributed by atoms with van der Waals surface area (Å²) in [6.07, 6.45) is 2.66. The molecule has 2 aliphatic heterocycles. The van der Waals surface area contributed by atoms with E-state index in [0.29, 0.717) is 18.7 Å². The summed E-state index contributed by atoms with van der Waals surface area (Å²) in [7, 11) is 0. The lowest BCUT2D eigenvalue weighted by Gasteiger charge is -2.38. The van der Waals surface area contributed by atoms with E-state index in [2.05, 4.69) is 0 Å². The van der Waals surface area contributed by atoms with Crippen molar-refractivity contribution in [3.05, 3.63) is 65.0 Å². The molecule has 0 spiro atoms. The van der Waals surface area contributed by atoms with Crippen LogP contribution in [0.3, 0.4) is 0 Å². The molecule has 33 heavy (non-hydrogen) atoms. The van der Waals surface area contributed by atoms with E-state index in [0.717, 1.165) is 49.0 Å². The maximum Gasteiger partial charge on any atom is 0.263 e. The summed E-state index contributed by atoms with van der Waals surface area (Å²) >= 11 is 0. The number of amides is 2. The summed E-state index contributed by atoms with van der Waals surface area (Å²) in [6.45, 7) is 7.98. The van der Waals surface area contributed by atoms with E-state index >= 15 is 0 Å². The Labute approximate surface area is 195 Å². The molecule has 0 bridgehead atoms. The average molecular weight is 453 g/mol. The number of benzene rings is 2. The maximum absolute atomic E-state index is 14.2. The van der Waals surface area contributed by atoms with E-state index < -0.39 is 6.10 Å². The molecule has 0 radical (unpaired) electrons. The van der Waals surface area contributed by atoms with Crippen molar-refractivity contribution in [1.29, 1.82) is 0 Å². The molecule has 5 nitrogen and oxygen atoms in total. The minimum atomic E-state index is -0.587. The van der Waals surface area contributed by atoms with Gasteiger partial charge in [0.1, 0.15) is 11.6 Å². The predicted octanol–water partition coefficient (Wildman–Crippen LogP) is 4.74. The number of hydrogen-bond acceptors (Lipinski definition) is 3. The molecule has 4 rings (SSSR count). The first-order valence-corrected chi connectivity index (χ1v) is 12.0. The van der Waals surface area contributed by atoms with Gasteiger partial charge in [0, 0.05) is 26.1 Å². The molecule has 2 aromatic carbocycles. The molecule has 0 aromatic heterocycles. The lowest BCUT2D eigenvalue weighted by molar-refractivity contribution is -0.136. The fraction of sp³-hybridized carbons (Fsp3) is 0.481. The van der Waals surface area contributed by atoms with Crippen molar-refractivity contribution in [3.8, 4) is 5.75 Å². The summed E-state index contributed by atoms with van der Waals surface area (Å²) in [4.78, 5) is 29.6. The Bertz CT molecular complexity index is 1020. The molecule has 0 aliphatic carbocycles. The second kappa shape index (κ2) is 9.94. The molecular weight excluding hydrogens is 419 g/mol. The molecule has 2 aromatic rings. The number of hydrogen-bond donors (Lipinski definition) is 0. The molecule has 2 atom stereocenters. The SMILES string of the molecule is CC(C)CC(=O)N1CCc2ccc(O[C@@H](C)C(=O)N3CCCC3)cc2[C@@H]1c1cccc(F)c1. The van der Waals surface area contributed by atoms with Crippen molar-refractivity contribution >= 4 is 11.8 Å². The van der Waals surface area contributed by atoms with Crippen LogP contribution in [0.15, 0.2) is 42.5 Å². The topological polar surface area (TPSA) is 49.9 Å². The van der Waals surface area contributed by atoms with Crippen LogP contribution in [-0.4, -0.2) is 47.4 Å². The van der Waals surface area contributed by atoms with Gasteiger partial charge in [-0.05, 0) is 73.1 Å². The van der Waals surface area contributed by atoms with E-state index in [-0.39, 0.29) is 29.6 Å². The van der Waals surface area contributed by atoms with Crippen molar-refractivity contribution in [2.24, 2.45) is 5.92 Å². The van der Waals surface area contributed by atoms with Gasteiger partial charge in [0.25, 0.3) is 5.91 Å².